The van der Waals surface area contributed by atoms with Crippen LogP contribution in [0.25, 0.3) is 0 Å². The van der Waals surface area contributed by atoms with Gasteiger partial charge in [0.1, 0.15) is 0 Å². The number of rotatable bonds is 0. The van der Waals surface area contributed by atoms with E-state index in [1.807, 2.05) is 0 Å². The Morgan fingerprint density at radius 1 is 0.800 bits per heavy atom. The molecule has 1 radical (unpaired) electrons. The summed E-state index contributed by atoms with van der Waals surface area (Å²) in [6.07, 6.45) is 0. The Bertz CT molecular complexity index is 9.61. The van der Waals surface area contributed by atoms with Crippen LogP contribution in [0.1, 0.15) is 0 Å². The van der Waals surface area contributed by atoms with Crippen LogP contribution in [0.2, 0.25) is 0 Å². The Kier molecular flexibility index (Phi) is 266. The molecule has 0 saturated heterocycles. The number of hydrogen-bond acceptors (Lipinski definition) is 0. The third-order valence-corrected chi connectivity index (χ3v) is 0. The van der Waals surface area contributed by atoms with Gasteiger partial charge in [-0.1, -0.05) is 0 Å². The number of hydrogen-bond donors (Lipinski definition) is 0. The minimum absolute atomic E-state index is 0. The van der Waals surface area contributed by atoms with Gasteiger partial charge >= 0.3 is 0 Å². The van der Waals surface area contributed by atoms with Crippen LogP contribution < -0.4 is 0 Å². The molecule has 0 amide bonds. The quantitative estimate of drug-likeness (QED) is 0.543. The van der Waals surface area contributed by atoms with Crippen molar-refractivity contribution in [1.29, 1.82) is 0 Å². The van der Waals surface area contributed by atoms with Crippen LogP contribution in [-0.2, 0) is 90.6 Å². The van der Waals surface area contributed by atoms with Crippen LogP contribution in [0.5, 0.6) is 0 Å². The summed E-state index contributed by atoms with van der Waals surface area (Å²) >= 11 is 0. The summed E-state index contributed by atoms with van der Waals surface area (Å²) in [6.45, 7) is 0. The average molecular weight is 342 g/mol. The zero-order valence-electron chi connectivity index (χ0n) is 2.05. The Hall–Kier alpha value is 2.82. The summed E-state index contributed by atoms with van der Waals surface area (Å²) in [5.41, 5.74) is 0. The van der Waals surface area contributed by atoms with Crippen LogP contribution in [-0.4, -0.2) is 0 Å². The molecular weight excluding hydrogens is 342 g/mol. The van der Waals surface area contributed by atoms with E-state index in [4.69, 9.17) is 0 Å². The maximum Gasteiger partial charge on any atom is 0 e. The zero-order valence-corrected chi connectivity index (χ0v) is 9.94. The van der Waals surface area contributed by atoms with Crippen LogP contribution in [0.3, 0.4) is 0 Å². The fourth-order valence-corrected chi connectivity index (χ4v) is 0. The molecular formula is CuMoNi2Zn. The largest absolute Gasteiger partial charge is 0 e. The normalized spacial score (nSPS) is 0. The molecule has 0 N–H and O–H groups in total. The first-order chi connectivity index (χ1) is 0. The maximum absolute atomic E-state index is 0. The third-order valence-electron chi connectivity index (χ3n) is 0. The smallest absolute Gasteiger partial charge is 0 e. The van der Waals surface area contributed by atoms with Crippen molar-refractivity contribution in [2.45, 2.75) is 0 Å². The minimum Gasteiger partial charge on any atom is 0 e. The second-order valence-corrected chi connectivity index (χ2v) is 0. The van der Waals surface area contributed by atoms with Gasteiger partial charge in [-0.25, -0.2) is 0 Å². The monoisotopic (exact) mass is 341 g/mol. The van der Waals surface area contributed by atoms with Crippen molar-refractivity contribution in [1.82, 2.24) is 0 Å². The van der Waals surface area contributed by atoms with Gasteiger partial charge < -0.3 is 0 Å². The van der Waals surface area contributed by atoms with Crippen molar-refractivity contribution >= 4 is 0 Å². The molecule has 0 unspecified atom stereocenters. The molecule has 0 aromatic heterocycles. The maximum atomic E-state index is 0. The molecule has 0 saturated carbocycles. The van der Waals surface area contributed by atoms with Crippen molar-refractivity contribution in [3.8, 4) is 0 Å². The predicted octanol–water partition coefficient (Wildman–Crippen LogP) is -0.0125. The van der Waals surface area contributed by atoms with E-state index in [0.29, 0.717) is 0 Å². The van der Waals surface area contributed by atoms with E-state index in [2.05, 4.69) is 0 Å². The average Bonchev–Trinajstić information content (AvgIpc) is 0. The molecule has 0 heterocycles. The van der Waals surface area contributed by atoms with Crippen LogP contribution in [0.4, 0.5) is 0 Å². The summed E-state index contributed by atoms with van der Waals surface area (Å²) in [5.74, 6) is 0. The van der Waals surface area contributed by atoms with Gasteiger partial charge in [0.2, 0.25) is 0 Å². The molecule has 39 valence electrons. The summed E-state index contributed by atoms with van der Waals surface area (Å²) in [6, 6.07) is 0. The zero-order chi connectivity index (χ0) is 0. The van der Waals surface area contributed by atoms with E-state index < -0.39 is 0 Å². The molecule has 0 rings (SSSR count). The van der Waals surface area contributed by atoms with Gasteiger partial charge in [-0.15, -0.1) is 0 Å². The van der Waals surface area contributed by atoms with E-state index in [1.54, 1.807) is 0 Å². The van der Waals surface area contributed by atoms with E-state index in [-0.39, 0.29) is 90.6 Å². The Labute approximate surface area is 89.3 Å². The second kappa shape index (κ2) is 29.1. The first-order valence-electron chi connectivity index (χ1n) is 0. The van der Waals surface area contributed by atoms with Gasteiger partial charge in [-0.2, -0.15) is 0 Å². The first-order valence-corrected chi connectivity index (χ1v) is 0. The molecule has 0 spiro atoms. The van der Waals surface area contributed by atoms with E-state index in [0.717, 1.165) is 0 Å². The third kappa shape index (κ3) is 19.9. The van der Waals surface area contributed by atoms with Crippen molar-refractivity contribution in [3.63, 3.8) is 0 Å². The fraction of sp³-hybridized carbons (Fsp3) is 0. The van der Waals surface area contributed by atoms with Crippen LogP contribution >= 0.6 is 0 Å². The van der Waals surface area contributed by atoms with E-state index in [1.165, 1.54) is 0 Å². The Morgan fingerprint density at radius 2 is 0.800 bits per heavy atom. The molecule has 0 aromatic carbocycles. The van der Waals surface area contributed by atoms with Gasteiger partial charge in [-0.05, 0) is 0 Å². The summed E-state index contributed by atoms with van der Waals surface area (Å²) in [7, 11) is 0. The first kappa shape index (κ1) is 45.8. The standard InChI is InChI=1S/Cu.Mo.2Ni.Zn. The molecule has 0 atom stereocenters. The van der Waals surface area contributed by atoms with Crippen molar-refractivity contribution in [2.75, 3.05) is 0 Å². The van der Waals surface area contributed by atoms with E-state index in [9.17, 15) is 0 Å². The Morgan fingerprint density at radius 3 is 0.800 bits per heavy atom. The summed E-state index contributed by atoms with van der Waals surface area (Å²) in [5, 5.41) is 0. The molecule has 0 aromatic rings. The predicted molar refractivity (Wildman–Crippen MR) is 0 cm³/mol. The fourth-order valence-electron chi connectivity index (χ4n) is 0. The van der Waals surface area contributed by atoms with E-state index >= 15 is 0 Å². The van der Waals surface area contributed by atoms with Gasteiger partial charge in [0.25, 0.3) is 0 Å². The molecule has 5 heavy (non-hydrogen) atoms. The SMILES string of the molecule is [Cu].[Mo].[Ni].[Ni].[Zn]. The molecule has 0 aliphatic heterocycles. The summed E-state index contributed by atoms with van der Waals surface area (Å²) < 4.78 is 0. The molecule has 0 bridgehead atoms. The molecule has 5 heteroatoms. The minimum atomic E-state index is 0. The summed E-state index contributed by atoms with van der Waals surface area (Å²) in [4.78, 5) is 0. The van der Waals surface area contributed by atoms with Crippen molar-refractivity contribution in [2.24, 2.45) is 0 Å². The topological polar surface area (TPSA) is 0 Å². The van der Waals surface area contributed by atoms with Gasteiger partial charge in [-0.3, -0.25) is 0 Å². The van der Waals surface area contributed by atoms with Crippen molar-refractivity contribution in [3.05, 3.63) is 0 Å². The Balaban J connectivity index is 0. The molecule has 0 nitrogen and oxygen atoms in total. The molecule has 0 aliphatic carbocycles. The molecule has 0 aliphatic rings. The van der Waals surface area contributed by atoms with Crippen molar-refractivity contribution < 1.29 is 90.6 Å². The van der Waals surface area contributed by atoms with Gasteiger partial charge in [0, 0.05) is 90.6 Å². The van der Waals surface area contributed by atoms with Crippen LogP contribution in [0.15, 0.2) is 0 Å². The van der Waals surface area contributed by atoms with Gasteiger partial charge in [0.15, 0.2) is 0 Å². The van der Waals surface area contributed by atoms with Gasteiger partial charge in [0.05, 0.1) is 0 Å². The van der Waals surface area contributed by atoms with Crippen LogP contribution in [0, 0.1) is 0 Å². The second-order valence-electron chi connectivity index (χ2n) is 0. The molecule has 0 fully saturated rings.